The number of rotatable bonds is 3. The Morgan fingerprint density at radius 3 is 3.11 bits per heavy atom. The van der Waals surface area contributed by atoms with Crippen molar-refractivity contribution >= 4 is 0 Å². The molecule has 0 aliphatic carbocycles. The third kappa shape index (κ3) is 2.85. The van der Waals surface area contributed by atoms with Crippen molar-refractivity contribution in [3.8, 4) is 0 Å². The van der Waals surface area contributed by atoms with Gasteiger partial charge in [0, 0.05) is 0 Å². The van der Waals surface area contributed by atoms with Crippen LogP contribution in [0.15, 0.2) is 0 Å². The molecule has 1 heterocycles. The summed E-state index contributed by atoms with van der Waals surface area (Å²) in [5, 5.41) is 0. The van der Waals surface area contributed by atoms with Gasteiger partial charge in [-0.2, -0.15) is 0 Å². The van der Waals surface area contributed by atoms with Crippen LogP contribution in [0, 0.1) is 0 Å². The van der Waals surface area contributed by atoms with Crippen molar-refractivity contribution in [3.05, 3.63) is 0 Å². The summed E-state index contributed by atoms with van der Waals surface area (Å²) in [5.41, 5.74) is 0. The van der Waals surface area contributed by atoms with Crippen molar-refractivity contribution in [1.29, 1.82) is 0 Å². The van der Waals surface area contributed by atoms with Crippen LogP contribution in [0.2, 0.25) is 0 Å². The van der Waals surface area contributed by atoms with Crippen LogP contribution >= 0.6 is 0 Å². The Kier molecular flexibility index (Phi) is 3.89. The molecule has 2 heteroatoms. The van der Waals surface area contributed by atoms with Gasteiger partial charge in [0.15, 0.2) is 0 Å². The summed E-state index contributed by atoms with van der Waals surface area (Å²) in [7, 11) is 0. The van der Waals surface area contributed by atoms with E-state index in [1.165, 1.54) is 23.7 Å². The van der Waals surface area contributed by atoms with Gasteiger partial charge in [0.25, 0.3) is 0 Å². The second-order valence-electron chi connectivity index (χ2n) is 2.27. The Balaban J connectivity index is 1.98. The molecule has 0 aromatic heterocycles. The van der Waals surface area contributed by atoms with Crippen molar-refractivity contribution in [2.45, 2.75) is 30.3 Å². The molecule has 0 spiro atoms. The van der Waals surface area contributed by atoms with Crippen molar-refractivity contribution in [1.82, 2.24) is 0 Å². The fourth-order valence-corrected chi connectivity index (χ4v) is 3.60. The van der Waals surface area contributed by atoms with Crippen LogP contribution in [0.25, 0.3) is 0 Å². The molecular weight excluding hydrogens is 227 g/mol. The molecule has 1 atom stereocenters. The summed E-state index contributed by atoms with van der Waals surface area (Å²) in [6, 6.07) is 0. The van der Waals surface area contributed by atoms with E-state index in [-0.39, 0.29) is 0 Å². The predicted octanol–water partition coefficient (Wildman–Crippen LogP) is -1.38. The fraction of sp³-hybridized carbons (Fsp3) is 1.00. The van der Waals surface area contributed by atoms with Gasteiger partial charge >= 0.3 is 67.3 Å². The average Bonchev–Trinajstić information content (AvgIpc) is 2.34. The van der Waals surface area contributed by atoms with E-state index >= 15 is 0 Å². The molecule has 1 fully saturated rings. The van der Waals surface area contributed by atoms with Crippen molar-refractivity contribution < 1.29 is 25.9 Å². The molecule has 0 N–H and O–H groups in total. The summed E-state index contributed by atoms with van der Waals surface area (Å²) < 4.78 is 7.68. The van der Waals surface area contributed by atoms with Crippen LogP contribution in [0.4, 0.5) is 0 Å². The van der Waals surface area contributed by atoms with Crippen molar-refractivity contribution in [3.63, 3.8) is 0 Å². The van der Waals surface area contributed by atoms with Crippen LogP contribution in [-0.2, 0) is 4.74 Å². The molecule has 56 valence electrons. The molecule has 1 unspecified atom stereocenters. The van der Waals surface area contributed by atoms with E-state index in [1.807, 2.05) is 0 Å². The normalized spacial score (nSPS) is 27.4. The molecular formula is C7H14IO-. The Labute approximate surface area is 67.4 Å². The van der Waals surface area contributed by atoms with Gasteiger partial charge in [-0.05, 0) is 0 Å². The molecule has 0 aromatic carbocycles. The van der Waals surface area contributed by atoms with Gasteiger partial charge in [0.05, 0.1) is 0 Å². The van der Waals surface area contributed by atoms with Gasteiger partial charge < -0.3 is 0 Å². The number of hydrogen-bond donors (Lipinski definition) is 0. The first-order chi connectivity index (χ1) is 4.43. The monoisotopic (exact) mass is 241 g/mol. The van der Waals surface area contributed by atoms with E-state index < -0.39 is 0 Å². The van der Waals surface area contributed by atoms with E-state index in [9.17, 15) is 0 Å². The van der Waals surface area contributed by atoms with Gasteiger partial charge in [-0.15, -0.1) is 0 Å². The van der Waals surface area contributed by atoms with Gasteiger partial charge in [0.1, 0.15) is 0 Å². The van der Waals surface area contributed by atoms with Gasteiger partial charge in [-0.1, -0.05) is 0 Å². The third-order valence-corrected chi connectivity index (χ3v) is 5.01. The quantitative estimate of drug-likeness (QED) is 0.437. The van der Waals surface area contributed by atoms with E-state index in [0.29, 0.717) is 21.2 Å². The van der Waals surface area contributed by atoms with Gasteiger partial charge in [0.2, 0.25) is 0 Å². The molecule has 0 amide bonds. The number of hydrogen-bond acceptors (Lipinski definition) is 1. The first-order valence-corrected chi connectivity index (χ1v) is 6.40. The molecule has 0 radical (unpaired) electrons. The SMILES string of the molecule is CCC[I-]C1CCCO1. The summed E-state index contributed by atoms with van der Waals surface area (Å²) in [4.78, 5) is 0. The maximum absolute atomic E-state index is 5.50. The van der Waals surface area contributed by atoms with Crippen LogP contribution in [0.1, 0.15) is 26.2 Å². The molecule has 0 saturated carbocycles. The molecule has 0 bridgehead atoms. The number of halogens is 1. The average molecular weight is 241 g/mol. The third-order valence-electron chi connectivity index (χ3n) is 1.34. The summed E-state index contributed by atoms with van der Waals surface area (Å²) in [5.74, 6) is 0. The Hall–Kier alpha value is 0.690. The van der Waals surface area contributed by atoms with Crippen LogP contribution in [-0.4, -0.2) is 15.1 Å². The topological polar surface area (TPSA) is 9.23 Å². The summed E-state index contributed by atoms with van der Waals surface area (Å²) in [6.07, 6.45) is 4.02. The Bertz CT molecular complexity index is 69.3. The second kappa shape index (κ2) is 4.50. The van der Waals surface area contributed by atoms with Crippen molar-refractivity contribution in [2.24, 2.45) is 0 Å². The van der Waals surface area contributed by atoms with E-state index in [1.54, 1.807) is 0 Å². The minimum absolute atomic E-state index is 0.399. The molecule has 1 aliphatic heterocycles. The van der Waals surface area contributed by atoms with Crippen LogP contribution in [0.3, 0.4) is 0 Å². The summed E-state index contributed by atoms with van der Waals surface area (Å²) in [6.45, 7) is 3.29. The van der Waals surface area contributed by atoms with Gasteiger partial charge in [-0.3, -0.25) is 0 Å². The standard InChI is InChI=1S/C7H14IO/c1-2-5-8-7-4-3-6-9-7/h7H,2-6H2,1H3/q-1. The zero-order valence-electron chi connectivity index (χ0n) is 5.90. The number of alkyl halides is 2. The zero-order valence-corrected chi connectivity index (χ0v) is 8.06. The van der Waals surface area contributed by atoms with Crippen LogP contribution in [0.5, 0.6) is 0 Å². The molecule has 1 saturated heterocycles. The number of ether oxygens (including phenoxy) is 1. The Morgan fingerprint density at radius 2 is 2.56 bits per heavy atom. The Morgan fingerprint density at radius 1 is 1.67 bits per heavy atom. The molecule has 9 heavy (non-hydrogen) atoms. The summed E-state index contributed by atoms with van der Waals surface area (Å²) >= 11 is 0.399. The first-order valence-electron chi connectivity index (χ1n) is 3.63. The zero-order chi connectivity index (χ0) is 6.53. The second-order valence-corrected chi connectivity index (χ2v) is 5.62. The maximum atomic E-state index is 5.50. The van der Waals surface area contributed by atoms with Crippen LogP contribution < -0.4 is 21.2 Å². The predicted molar refractivity (Wildman–Crippen MR) is 34.1 cm³/mol. The van der Waals surface area contributed by atoms with E-state index in [4.69, 9.17) is 4.74 Å². The van der Waals surface area contributed by atoms with Crippen molar-refractivity contribution in [2.75, 3.05) is 11.0 Å². The van der Waals surface area contributed by atoms with Gasteiger partial charge in [-0.25, -0.2) is 0 Å². The molecule has 0 aromatic rings. The van der Waals surface area contributed by atoms with E-state index in [2.05, 4.69) is 6.92 Å². The molecule has 1 rings (SSSR count). The fourth-order valence-electron chi connectivity index (χ4n) is 0.891. The minimum atomic E-state index is 0.399. The molecule has 1 nitrogen and oxygen atoms in total. The first kappa shape index (κ1) is 7.79. The van der Waals surface area contributed by atoms with E-state index in [0.717, 1.165) is 10.7 Å². The molecule has 1 aliphatic rings.